The molecule has 2 heterocycles. The molecule has 1 aliphatic rings. The lowest BCUT2D eigenvalue weighted by Gasteiger charge is -2.24. The highest BCUT2D eigenvalue weighted by Gasteiger charge is 2.19. The normalized spacial score (nSPS) is 14.5. The van der Waals surface area contributed by atoms with Crippen LogP contribution in [0.4, 0.5) is 0 Å². The SMILES string of the molecule is CC(C(=O)N(C)Cc1ccco1)=C1CNC1. The molecule has 4 nitrogen and oxygen atoms in total. The van der Waals surface area contributed by atoms with Gasteiger partial charge in [-0.1, -0.05) is 0 Å². The van der Waals surface area contributed by atoms with E-state index in [9.17, 15) is 4.79 Å². The number of hydrogen-bond donors (Lipinski definition) is 1. The van der Waals surface area contributed by atoms with Crippen LogP contribution < -0.4 is 5.32 Å². The van der Waals surface area contributed by atoms with Crippen LogP contribution in [0.3, 0.4) is 0 Å². The van der Waals surface area contributed by atoms with Crippen LogP contribution in [0.15, 0.2) is 34.0 Å². The zero-order valence-corrected chi connectivity index (χ0v) is 9.62. The number of furan rings is 1. The summed E-state index contributed by atoms with van der Waals surface area (Å²) < 4.78 is 5.21. The number of nitrogens with zero attached hydrogens (tertiary/aromatic N) is 1. The summed E-state index contributed by atoms with van der Waals surface area (Å²) >= 11 is 0. The van der Waals surface area contributed by atoms with E-state index in [2.05, 4.69) is 5.32 Å². The van der Waals surface area contributed by atoms with E-state index in [0.29, 0.717) is 6.54 Å². The molecule has 0 radical (unpaired) electrons. The number of likely N-dealkylation sites (N-methyl/N-ethyl adjacent to an activating group) is 1. The van der Waals surface area contributed by atoms with Crippen molar-refractivity contribution >= 4 is 5.91 Å². The number of rotatable bonds is 3. The quantitative estimate of drug-likeness (QED) is 0.777. The van der Waals surface area contributed by atoms with Crippen LogP contribution in [-0.2, 0) is 11.3 Å². The maximum atomic E-state index is 12.0. The van der Waals surface area contributed by atoms with E-state index in [1.165, 1.54) is 5.57 Å². The second kappa shape index (κ2) is 4.53. The first kappa shape index (κ1) is 11.0. The summed E-state index contributed by atoms with van der Waals surface area (Å²) in [4.78, 5) is 13.7. The second-order valence-electron chi connectivity index (χ2n) is 4.07. The highest BCUT2D eigenvalue weighted by Crippen LogP contribution is 2.13. The van der Waals surface area contributed by atoms with Gasteiger partial charge >= 0.3 is 0 Å². The third kappa shape index (κ3) is 2.17. The minimum Gasteiger partial charge on any atom is -0.467 e. The molecule has 0 bridgehead atoms. The standard InChI is InChI=1S/C12H16N2O2/c1-9(10-6-13-7-10)12(15)14(2)8-11-4-3-5-16-11/h3-5,13H,6-8H2,1-2H3. The maximum Gasteiger partial charge on any atom is 0.249 e. The summed E-state index contributed by atoms with van der Waals surface area (Å²) in [6.07, 6.45) is 1.62. The van der Waals surface area contributed by atoms with Crippen LogP contribution in [-0.4, -0.2) is 30.9 Å². The van der Waals surface area contributed by atoms with Crippen LogP contribution >= 0.6 is 0 Å². The Morgan fingerprint density at radius 1 is 1.56 bits per heavy atom. The van der Waals surface area contributed by atoms with Crippen LogP contribution in [0.2, 0.25) is 0 Å². The van der Waals surface area contributed by atoms with Gasteiger partial charge in [0.2, 0.25) is 5.91 Å². The summed E-state index contributed by atoms with van der Waals surface area (Å²) in [6, 6.07) is 3.70. The van der Waals surface area contributed by atoms with Gasteiger partial charge in [0, 0.05) is 25.7 Å². The number of amides is 1. The van der Waals surface area contributed by atoms with Crippen molar-refractivity contribution in [2.45, 2.75) is 13.5 Å². The highest BCUT2D eigenvalue weighted by atomic mass is 16.3. The third-order valence-corrected chi connectivity index (χ3v) is 2.85. The lowest BCUT2D eigenvalue weighted by molar-refractivity contribution is -0.126. The van der Waals surface area contributed by atoms with Crippen molar-refractivity contribution in [2.75, 3.05) is 20.1 Å². The third-order valence-electron chi connectivity index (χ3n) is 2.85. The van der Waals surface area contributed by atoms with Crippen molar-refractivity contribution in [3.63, 3.8) is 0 Å². The first-order chi connectivity index (χ1) is 7.68. The molecular weight excluding hydrogens is 204 g/mol. The molecule has 1 fully saturated rings. The van der Waals surface area contributed by atoms with Gasteiger partial charge in [0.1, 0.15) is 5.76 Å². The van der Waals surface area contributed by atoms with Gasteiger partial charge in [-0.2, -0.15) is 0 Å². The molecule has 0 spiro atoms. The lowest BCUT2D eigenvalue weighted by Crippen LogP contribution is -2.38. The monoisotopic (exact) mass is 220 g/mol. The van der Waals surface area contributed by atoms with Crippen molar-refractivity contribution in [3.8, 4) is 0 Å². The Morgan fingerprint density at radius 2 is 2.31 bits per heavy atom. The zero-order valence-electron chi connectivity index (χ0n) is 9.62. The molecule has 16 heavy (non-hydrogen) atoms. The molecule has 1 aliphatic heterocycles. The van der Waals surface area contributed by atoms with Crippen molar-refractivity contribution in [1.29, 1.82) is 0 Å². The van der Waals surface area contributed by atoms with Crippen LogP contribution in [0.1, 0.15) is 12.7 Å². The molecule has 0 aromatic carbocycles. The van der Waals surface area contributed by atoms with Crippen LogP contribution in [0.5, 0.6) is 0 Å². The van der Waals surface area contributed by atoms with Gasteiger partial charge in [-0.25, -0.2) is 0 Å². The van der Waals surface area contributed by atoms with Crippen molar-refractivity contribution in [2.24, 2.45) is 0 Å². The van der Waals surface area contributed by atoms with E-state index in [-0.39, 0.29) is 5.91 Å². The predicted octanol–water partition coefficient (Wildman–Crippen LogP) is 1.16. The molecular formula is C12H16N2O2. The van der Waals surface area contributed by atoms with Gasteiger partial charge in [0.15, 0.2) is 0 Å². The van der Waals surface area contributed by atoms with E-state index >= 15 is 0 Å². The van der Waals surface area contributed by atoms with E-state index in [1.54, 1.807) is 18.2 Å². The number of carbonyl (C=O) groups excluding carboxylic acids is 1. The van der Waals surface area contributed by atoms with E-state index in [0.717, 1.165) is 24.4 Å². The molecule has 4 heteroatoms. The van der Waals surface area contributed by atoms with Crippen LogP contribution in [0.25, 0.3) is 0 Å². The predicted molar refractivity (Wildman–Crippen MR) is 60.8 cm³/mol. The van der Waals surface area contributed by atoms with Crippen molar-refractivity contribution in [1.82, 2.24) is 10.2 Å². The lowest BCUT2D eigenvalue weighted by atomic mass is 10.0. The topological polar surface area (TPSA) is 45.5 Å². The molecule has 0 unspecified atom stereocenters. The zero-order chi connectivity index (χ0) is 11.5. The van der Waals surface area contributed by atoms with E-state index in [1.807, 2.05) is 19.1 Å². The second-order valence-corrected chi connectivity index (χ2v) is 4.07. The van der Waals surface area contributed by atoms with Gasteiger partial charge < -0.3 is 14.6 Å². The smallest absolute Gasteiger partial charge is 0.249 e. The molecule has 1 N–H and O–H groups in total. The minimum absolute atomic E-state index is 0.0768. The van der Waals surface area contributed by atoms with Crippen molar-refractivity contribution in [3.05, 3.63) is 35.3 Å². The molecule has 1 aromatic rings. The first-order valence-corrected chi connectivity index (χ1v) is 5.35. The molecule has 1 saturated heterocycles. The molecule has 0 saturated carbocycles. The summed E-state index contributed by atoms with van der Waals surface area (Å²) in [5.41, 5.74) is 2.06. The van der Waals surface area contributed by atoms with Gasteiger partial charge in [-0.3, -0.25) is 4.79 Å². The molecule has 1 amide bonds. The molecule has 1 aromatic heterocycles. The number of hydrogen-bond acceptors (Lipinski definition) is 3. The minimum atomic E-state index is 0.0768. The Morgan fingerprint density at radius 3 is 2.81 bits per heavy atom. The van der Waals surface area contributed by atoms with Gasteiger partial charge in [-0.05, 0) is 24.6 Å². The van der Waals surface area contributed by atoms with Crippen molar-refractivity contribution < 1.29 is 9.21 Å². The average molecular weight is 220 g/mol. The summed E-state index contributed by atoms with van der Waals surface area (Å²) in [5.74, 6) is 0.883. The fourth-order valence-corrected chi connectivity index (χ4v) is 1.66. The van der Waals surface area contributed by atoms with Gasteiger partial charge in [-0.15, -0.1) is 0 Å². The molecule has 0 aliphatic carbocycles. The Hall–Kier alpha value is -1.55. The fourth-order valence-electron chi connectivity index (χ4n) is 1.66. The molecule has 0 atom stereocenters. The Labute approximate surface area is 94.9 Å². The Balaban J connectivity index is 1.99. The maximum absolute atomic E-state index is 12.0. The first-order valence-electron chi connectivity index (χ1n) is 5.35. The van der Waals surface area contributed by atoms with Gasteiger partial charge in [0.25, 0.3) is 0 Å². The summed E-state index contributed by atoms with van der Waals surface area (Å²) in [6.45, 7) is 4.08. The number of nitrogens with one attached hydrogen (secondary N) is 1. The summed E-state index contributed by atoms with van der Waals surface area (Å²) in [5, 5.41) is 3.13. The molecule has 2 rings (SSSR count). The summed E-state index contributed by atoms with van der Waals surface area (Å²) in [7, 11) is 1.79. The van der Waals surface area contributed by atoms with Gasteiger partial charge in [0.05, 0.1) is 12.8 Å². The average Bonchev–Trinajstić information content (AvgIpc) is 2.66. The highest BCUT2D eigenvalue weighted by molar-refractivity contribution is 5.93. The van der Waals surface area contributed by atoms with E-state index in [4.69, 9.17) is 4.42 Å². The van der Waals surface area contributed by atoms with E-state index < -0.39 is 0 Å². The largest absolute Gasteiger partial charge is 0.467 e. The van der Waals surface area contributed by atoms with Crippen LogP contribution in [0, 0.1) is 0 Å². The molecule has 86 valence electrons. The number of carbonyl (C=O) groups is 1. The Bertz CT molecular complexity index is 401. The Kier molecular flexibility index (Phi) is 3.10. The fraction of sp³-hybridized carbons (Fsp3) is 0.417.